The summed E-state index contributed by atoms with van der Waals surface area (Å²) >= 11 is 0. The Morgan fingerprint density at radius 2 is 1.79 bits per heavy atom. The number of carbonyl (C=O) groups excluding carboxylic acids is 1. The monoisotopic (exact) mass is 448 g/mol. The predicted octanol–water partition coefficient (Wildman–Crippen LogP) is 4.51. The van der Waals surface area contributed by atoms with E-state index in [0.717, 1.165) is 46.5 Å². The van der Waals surface area contributed by atoms with E-state index in [1.54, 1.807) is 30.5 Å². The van der Waals surface area contributed by atoms with Crippen molar-refractivity contribution in [3.05, 3.63) is 88.2 Å². The highest BCUT2D eigenvalue weighted by Gasteiger charge is 2.28. The van der Waals surface area contributed by atoms with Crippen LogP contribution in [0.25, 0.3) is 22.6 Å². The summed E-state index contributed by atoms with van der Waals surface area (Å²) in [4.78, 5) is 28.8. The molecule has 2 aromatic carbocycles. The van der Waals surface area contributed by atoms with Gasteiger partial charge in [-0.15, -0.1) is 5.10 Å². The van der Waals surface area contributed by atoms with Gasteiger partial charge in [0.05, 0.1) is 11.3 Å². The number of nitrogens with zero attached hydrogens (tertiary/aromatic N) is 3. The van der Waals surface area contributed by atoms with E-state index in [2.05, 4.69) is 15.4 Å². The summed E-state index contributed by atoms with van der Waals surface area (Å²) in [5.41, 5.74) is 2.88. The van der Waals surface area contributed by atoms with Gasteiger partial charge in [-0.3, -0.25) is 9.78 Å². The fourth-order valence-electron chi connectivity index (χ4n) is 3.57. The molecular weight excluding hydrogens is 430 g/mol. The molecule has 1 aliphatic carbocycles. The molecule has 33 heavy (non-hydrogen) atoms. The van der Waals surface area contributed by atoms with Gasteiger partial charge in [0.15, 0.2) is 0 Å². The highest BCUT2D eigenvalue weighted by Crippen LogP contribution is 2.44. The van der Waals surface area contributed by atoms with Crippen LogP contribution in [0.2, 0.25) is 0 Å². The molecule has 1 saturated carbocycles. The number of hydrogen-bond acceptors (Lipinski definition) is 5. The molecule has 0 unspecified atom stereocenters. The highest BCUT2D eigenvalue weighted by molar-refractivity contribution is 6.04. The second kappa shape index (κ2) is 8.09. The van der Waals surface area contributed by atoms with Crippen LogP contribution in [0, 0.1) is 11.6 Å². The largest absolute Gasteiger partial charge is 0.437 e. The van der Waals surface area contributed by atoms with E-state index in [0.29, 0.717) is 11.5 Å². The van der Waals surface area contributed by atoms with Gasteiger partial charge >= 0.3 is 5.76 Å². The van der Waals surface area contributed by atoms with Crippen molar-refractivity contribution in [2.75, 3.05) is 5.32 Å². The number of pyridine rings is 1. The topological polar surface area (TPSA) is 90.0 Å². The SMILES string of the molecule is Cn1nc(-c2cnc(C3CC3)c(-c3ccc(C(=O)Nc4c(F)cccc4F)cc3)c2)oc1=O. The average molecular weight is 448 g/mol. The molecule has 9 heteroatoms. The standard InChI is InChI=1S/C24H18F2N4O3/c1-30-24(32)33-23(29-30)16-11-17(20(27-12-16)14-7-8-14)13-5-9-15(10-6-13)22(31)28-21-18(25)3-2-4-19(21)26/h2-6,9-12,14H,7-8H2,1H3,(H,28,31). The summed E-state index contributed by atoms with van der Waals surface area (Å²) in [6.07, 6.45) is 3.70. The van der Waals surface area contributed by atoms with Gasteiger partial charge in [0.25, 0.3) is 11.8 Å². The third-order valence-corrected chi connectivity index (χ3v) is 5.48. The van der Waals surface area contributed by atoms with Crippen molar-refractivity contribution in [1.29, 1.82) is 0 Å². The Kier molecular flexibility index (Phi) is 5.08. The van der Waals surface area contributed by atoms with E-state index in [1.807, 2.05) is 6.07 Å². The number of hydrogen-bond donors (Lipinski definition) is 1. The first kappa shape index (κ1) is 20.7. The number of aromatic nitrogens is 3. The number of carbonyl (C=O) groups is 1. The number of benzene rings is 2. The van der Waals surface area contributed by atoms with Crippen molar-refractivity contribution in [2.45, 2.75) is 18.8 Å². The van der Waals surface area contributed by atoms with Crippen LogP contribution in [-0.4, -0.2) is 20.7 Å². The summed E-state index contributed by atoms with van der Waals surface area (Å²) < 4.78 is 34.0. The zero-order valence-corrected chi connectivity index (χ0v) is 17.5. The van der Waals surface area contributed by atoms with E-state index in [4.69, 9.17) is 4.42 Å². The molecule has 166 valence electrons. The van der Waals surface area contributed by atoms with E-state index >= 15 is 0 Å². The number of nitrogens with one attached hydrogen (secondary N) is 1. The Balaban J connectivity index is 1.46. The maximum absolute atomic E-state index is 13.8. The number of halogens is 2. The quantitative estimate of drug-likeness (QED) is 0.485. The first-order chi connectivity index (χ1) is 15.9. The van der Waals surface area contributed by atoms with Crippen LogP contribution in [0.3, 0.4) is 0 Å². The van der Waals surface area contributed by atoms with Crippen molar-refractivity contribution in [1.82, 2.24) is 14.8 Å². The van der Waals surface area contributed by atoms with Crippen molar-refractivity contribution < 1.29 is 18.0 Å². The molecule has 2 heterocycles. The number of amides is 1. The lowest BCUT2D eigenvalue weighted by Gasteiger charge is -2.11. The maximum atomic E-state index is 13.8. The average Bonchev–Trinajstić information content (AvgIpc) is 3.60. The summed E-state index contributed by atoms with van der Waals surface area (Å²) in [6.45, 7) is 0. The maximum Gasteiger partial charge on any atom is 0.437 e. The number of rotatable bonds is 5. The molecule has 1 fully saturated rings. The highest BCUT2D eigenvalue weighted by atomic mass is 19.1. The Hall–Kier alpha value is -4.14. The van der Waals surface area contributed by atoms with Crippen LogP contribution in [0.4, 0.5) is 14.5 Å². The number of anilines is 1. The van der Waals surface area contributed by atoms with Crippen LogP contribution in [0.15, 0.2) is 63.9 Å². The van der Waals surface area contributed by atoms with E-state index in [1.165, 1.54) is 13.1 Å². The molecule has 0 radical (unpaired) electrons. The molecule has 1 N–H and O–H groups in total. The Bertz CT molecular complexity index is 1400. The van der Waals surface area contributed by atoms with E-state index < -0.39 is 29.0 Å². The van der Waals surface area contributed by atoms with Gasteiger partial charge in [-0.25, -0.2) is 13.6 Å². The molecule has 1 aliphatic rings. The van der Waals surface area contributed by atoms with Gasteiger partial charge in [-0.1, -0.05) is 18.2 Å². The molecule has 0 spiro atoms. The number of para-hydroxylation sites is 1. The number of aryl methyl sites for hydroxylation is 1. The lowest BCUT2D eigenvalue weighted by Crippen LogP contribution is -2.14. The van der Waals surface area contributed by atoms with E-state index in [-0.39, 0.29) is 11.5 Å². The molecule has 0 aliphatic heterocycles. The molecule has 2 aromatic heterocycles. The first-order valence-corrected chi connectivity index (χ1v) is 10.3. The molecular formula is C24H18F2N4O3. The molecule has 5 rings (SSSR count). The minimum Gasteiger partial charge on any atom is -0.388 e. The summed E-state index contributed by atoms with van der Waals surface area (Å²) in [5.74, 6) is -2.39. The van der Waals surface area contributed by atoms with Gasteiger partial charge in [-0.05, 0) is 48.7 Å². The van der Waals surface area contributed by atoms with Crippen LogP contribution in [-0.2, 0) is 7.05 Å². The third kappa shape index (κ3) is 4.05. The summed E-state index contributed by atoms with van der Waals surface area (Å²) in [5, 5.41) is 6.36. The van der Waals surface area contributed by atoms with Crippen LogP contribution < -0.4 is 11.1 Å². The molecule has 0 atom stereocenters. The lowest BCUT2D eigenvalue weighted by molar-refractivity contribution is 0.102. The van der Waals surface area contributed by atoms with Gasteiger partial charge < -0.3 is 9.73 Å². The van der Waals surface area contributed by atoms with Gasteiger partial charge in [0, 0.05) is 30.3 Å². The second-order valence-electron chi connectivity index (χ2n) is 7.86. The fourth-order valence-corrected chi connectivity index (χ4v) is 3.57. The zero-order valence-electron chi connectivity index (χ0n) is 17.5. The Morgan fingerprint density at radius 3 is 2.39 bits per heavy atom. The Labute approximate surface area is 186 Å². The minimum absolute atomic E-state index is 0.168. The predicted molar refractivity (Wildman–Crippen MR) is 117 cm³/mol. The minimum atomic E-state index is -0.849. The van der Waals surface area contributed by atoms with Crippen LogP contribution in [0.1, 0.15) is 34.8 Å². The molecule has 4 aromatic rings. The van der Waals surface area contributed by atoms with Crippen molar-refractivity contribution in [3.8, 4) is 22.6 Å². The lowest BCUT2D eigenvalue weighted by atomic mass is 9.98. The zero-order chi connectivity index (χ0) is 23.1. The summed E-state index contributed by atoms with van der Waals surface area (Å²) in [6, 6.07) is 11.9. The second-order valence-corrected chi connectivity index (χ2v) is 7.86. The molecule has 1 amide bonds. The van der Waals surface area contributed by atoms with Gasteiger partial charge in [-0.2, -0.15) is 4.68 Å². The van der Waals surface area contributed by atoms with Crippen LogP contribution >= 0.6 is 0 Å². The van der Waals surface area contributed by atoms with Crippen molar-refractivity contribution >= 4 is 11.6 Å². The van der Waals surface area contributed by atoms with Gasteiger partial charge in [0.1, 0.15) is 17.3 Å². The van der Waals surface area contributed by atoms with Gasteiger partial charge in [0.2, 0.25) is 0 Å². The Morgan fingerprint density at radius 1 is 1.09 bits per heavy atom. The normalized spacial score (nSPS) is 13.2. The summed E-state index contributed by atoms with van der Waals surface area (Å²) in [7, 11) is 1.50. The van der Waals surface area contributed by atoms with Crippen molar-refractivity contribution in [2.24, 2.45) is 7.05 Å². The molecule has 0 bridgehead atoms. The van der Waals surface area contributed by atoms with Crippen molar-refractivity contribution in [3.63, 3.8) is 0 Å². The van der Waals surface area contributed by atoms with Crippen LogP contribution in [0.5, 0.6) is 0 Å². The third-order valence-electron chi connectivity index (χ3n) is 5.48. The van der Waals surface area contributed by atoms with E-state index in [9.17, 15) is 18.4 Å². The molecule has 0 saturated heterocycles. The molecule has 7 nitrogen and oxygen atoms in total. The smallest absolute Gasteiger partial charge is 0.388 e. The fraction of sp³-hybridized carbons (Fsp3) is 0.167. The first-order valence-electron chi connectivity index (χ1n) is 10.3.